The molecule has 2 unspecified atom stereocenters. The van der Waals surface area contributed by atoms with Gasteiger partial charge in [-0.05, 0) is 69.7 Å². The van der Waals surface area contributed by atoms with E-state index in [1.165, 1.54) is 6.07 Å². The van der Waals surface area contributed by atoms with E-state index in [1.807, 2.05) is 12.1 Å². The summed E-state index contributed by atoms with van der Waals surface area (Å²) in [6.07, 6.45) is 7.08. The largest absolute Gasteiger partial charge is 0.512 e. The fourth-order valence-electron chi connectivity index (χ4n) is 5.51. The Morgan fingerprint density at radius 2 is 1.78 bits per heavy atom. The number of aromatic nitrogens is 1. The lowest BCUT2D eigenvalue weighted by Gasteiger charge is -2.39. The van der Waals surface area contributed by atoms with Crippen LogP contribution in [0.15, 0.2) is 53.9 Å². The number of rotatable bonds is 10. The number of pyridine rings is 1. The zero-order valence-electron chi connectivity index (χ0n) is 20.8. The summed E-state index contributed by atoms with van der Waals surface area (Å²) < 4.78 is 36.8. The predicted octanol–water partition coefficient (Wildman–Crippen LogP) is 5.88. The number of para-hydroxylation sites is 1. The molecule has 1 aromatic heterocycles. The number of fused-ring (bicyclic) bond motifs is 2. The zero-order valence-corrected chi connectivity index (χ0v) is 20.8. The smallest absolute Gasteiger partial charge is 0.387 e. The summed E-state index contributed by atoms with van der Waals surface area (Å²) in [4.78, 5) is 6.97. The topological polar surface area (TPSA) is 103 Å². The highest BCUT2D eigenvalue weighted by Gasteiger charge is 2.42. The van der Waals surface area contributed by atoms with Crippen LogP contribution in [0.25, 0.3) is 0 Å². The van der Waals surface area contributed by atoms with Gasteiger partial charge in [0.25, 0.3) is 0 Å². The molecular formula is C28H32F2N4O3. The number of ether oxygens (including phenoxy) is 2. The van der Waals surface area contributed by atoms with Gasteiger partial charge in [-0.3, -0.25) is 5.41 Å². The number of allylic oxidation sites excluding steroid dienone is 1. The Hall–Kier alpha value is -3.33. The van der Waals surface area contributed by atoms with Crippen LogP contribution in [-0.4, -0.2) is 52.9 Å². The standard InChI is InChI=1S/C28H32F2N4O3/c1-16(31)18-8-11-25(33-14-18)34-19-9-10-20(34)13-21(12-19)36-15-23(27(35)17-6-7-17)26(32)22-4-2-3-5-24(22)37-28(29)30/h2-5,8,11,14,17,19-21,28,31-32,35H,6-7,9-10,12-13,15H2,1H3/b27-23-,31-16?,32-26?/t19-,20?,21?/m0/s1. The highest BCUT2D eigenvalue weighted by atomic mass is 19.3. The van der Waals surface area contributed by atoms with Crippen molar-refractivity contribution in [3.8, 4) is 5.75 Å². The van der Waals surface area contributed by atoms with Crippen LogP contribution in [-0.2, 0) is 4.74 Å². The number of aliphatic hydroxyl groups excluding tert-OH is 1. The number of aliphatic hydroxyl groups is 1. The van der Waals surface area contributed by atoms with E-state index in [1.54, 1.807) is 31.3 Å². The zero-order chi connectivity index (χ0) is 26.1. The molecule has 196 valence electrons. The van der Waals surface area contributed by atoms with E-state index >= 15 is 0 Å². The average Bonchev–Trinajstić information content (AvgIpc) is 3.69. The number of benzene rings is 1. The quantitative estimate of drug-likeness (QED) is 0.274. The maximum Gasteiger partial charge on any atom is 0.387 e. The van der Waals surface area contributed by atoms with Gasteiger partial charge in [0.1, 0.15) is 17.3 Å². The number of piperidine rings is 1. The Kier molecular flexibility index (Phi) is 7.24. The van der Waals surface area contributed by atoms with E-state index in [0.29, 0.717) is 11.3 Å². The van der Waals surface area contributed by atoms with Crippen molar-refractivity contribution in [2.24, 2.45) is 5.92 Å². The van der Waals surface area contributed by atoms with Gasteiger partial charge >= 0.3 is 6.61 Å². The van der Waals surface area contributed by atoms with E-state index in [2.05, 4.69) is 14.6 Å². The summed E-state index contributed by atoms with van der Waals surface area (Å²) in [5.74, 6) is 0.925. The highest BCUT2D eigenvalue weighted by molar-refractivity contribution is 6.12. The molecular weight excluding hydrogens is 478 g/mol. The third kappa shape index (κ3) is 5.51. The molecule has 0 spiro atoms. The first-order valence-corrected chi connectivity index (χ1v) is 12.8. The van der Waals surface area contributed by atoms with Gasteiger partial charge in [-0.2, -0.15) is 8.78 Å². The van der Waals surface area contributed by atoms with Gasteiger partial charge in [0.15, 0.2) is 0 Å². The summed E-state index contributed by atoms with van der Waals surface area (Å²) >= 11 is 0. The number of nitrogens with one attached hydrogen (secondary N) is 2. The fraction of sp³-hybridized carbons (Fsp3) is 0.464. The maximum absolute atomic E-state index is 12.9. The molecule has 2 aliphatic heterocycles. The van der Waals surface area contributed by atoms with E-state index in [-0.39, 0.29) is 53.5 Å². The minimum Gasteiger partial charge on any atom is -0.512 e. The van der Waals surface area contributed by atoms with Gasteiger partial charge in [-0.15, -0.1) is 0 Å². The minimum atomic E-state index is -3.00. The second-order valence-corrected chi connectivity index (χ2v) is 10.1. The number of anilines is 1. The van der Waals surface area contributed by atoms with Gasteiger partial charge in [-0.25, -0.2) is 4.98 Å². The monoisotopic (exact) mass is 510 g/mol. The van der Waals surface area contributed by atoms with Crippen LogP contribution in [0.5, 0.6) is 5.75 Å². The first-order chi connectivity index (χ1) is 17.8. The summed E-state index contributed by atoms with van der Waals surface area (Å²) in [5, 5.41) is 27.4. The number of hydrogen-bond donors (Lipinski definition) is 3. The molecule has 2 saturated heterocycles. The Balaban J connectivity index is 1.29. The number of alkyl halides is 2. The van der Waals surface area contributed by atoms with Gasteiger partial charge in [-0.1, -0.05) is 12.1 Å². The second kappa shape index (κ2) is 10.6. The van der Waals surface area contributed by atoms with Gasteiger partial charge in [0, 0.05) is 46.6 Å². The van der Waals surface area contributed by atoms with Crippen molar-refractivity contribution in [3.05, 3.63) is 65.1 Å². The van der Waals surface area contributed by atoms with Crippen LogP contribution < -0.4 is 9.64 Å². The molecule has 0 amide bonds. The number of nitrogens with zero attached hydrogens (tertiary/aromatic N) is 2. The van der Waals surface area contributed by atoms with Gasteiger partial charge < -0.3 is 24.9 Å². The van der Waals surface area contributed by atoms with Crippen LogP contribution in [0, 0.1) is 16.7 Å². The maximum atomic E-state index is 12.9. The molecule has 2 aromatic rings. The fourth-order valence-corrected chi connectivity index (χ4v) is 5.51. The lowest BCUT2D eigenvalue weighted by molar-refractivity contribution is -0.0499. The van der Waals surface area contributed by atoms with Crippen molar-refractivity contribution in [2.75, 3.05) is 11.5 Å². The SMILES string of the molecule is CC(=N)c1ccc(N2C3CC[C@H]2CC(OC/C(C(=N)c2ccccc2OC(F)F)=C(/O)C2CC2)C3)nc1. The van der Waals surface area contributed by atoms with E-state index in [0.717, 1.165) is 49.9 Å². The minimum absolute atomic E-state index is 0.0150. The molecule has 37 heavy (non-hydrogen) atoms. The molecule has 2 bridgehead atoms. The van der Waals surface area contributed by atoms with Crippen molar-refractivity contribution in [1.29, 1.82) is 10.8 Å². The molecule has 7 nitrogen and oxygen atoms in total. The Morgan fingerprint density at radius 3 is 2.38 bits per heavy atom. The van der Waals surface area contributed by atoms with Crippen molar-refractivity contribution in [1.82, 2.24) is 4.98 Å². The lowest BCUT2D eigenvalue weighted by Crippen LogP contribution is -2.46. The van der Waals surface area contributed by atoms with Gasteiger partial charge in [0.05, 0.1) is 18.4 Å². The molecule has 1 aromatic carbocycles. The molecule has 0 radical (unpaired) electrons. The van der Waals surface area contributed by atoms with Crippen molar-refractivity contribution in [2.45, 2.75) is 70.2 Å². The van der Waals surface area contributed by atoms with E-state index in [4.69, 9.17) is 15.6 Å². The summed E-state index contributed by atoms with van der Waals surface area (Å²) in [5.41, 5.74) is 1.79. The molecule has 5 rings (SSSR count). The molecule has 3 heterocycles. The normalized spacial score (nSPS) is 23.7. The van der Waals surface area contributed by atoms with Crippen molar-refractivity contribution in [3.63, 3.8) is 0 Å². The number of hydrogen-bond acceptors (Lipinski definition) is 7. The number of halogens is 2. The lowest BCUT2D eigenvalue weighted by atomic mass is 9.97. The van der Waals surface area contributed by atoms with Crippen LogP contribution in [0.2, 0.25) is 0 Å². The first-order valence-electron chi connectivity index (χ1n) is 12.8. The molecule has 1 saturated carbocycles. The Morgan fingerprint density at radius 1 is 1.08 bits per heavy atom. The Bertz CT molecular complexity index is 1180. The van der Waals surface area contributed by atoms with Crippen LogP contribution in [0.4, 0.5) is 14.6 Å². The van der Waals surface area contributed by atoms with E-state index in [9.17, 15) is 13.9 Å². The van der Waals surface area contributed by atoms with Crippen LogP contribution in [0.1, 0.15) is 56.6 Å². The summed E-state index contributed by atoms with van der Waals surface area (Å²) in [6.45, 7) is -1.22. The second-order valence-electron chi connectivity index (χ2n) is 10.1. The van der Waals surface area contributed by atoms with Crippen molar-refractivity contribution >= 4 is 17.2 Å². The van der Waals surface area contributed by atoms with Crippen LogP contribution >= 0.6 is 0 Å². The molecule has 3 atom stereocenters. The molecule has 1 aliphatic carbocycles. The molecule has 3 aliphatic rings. The molecule has 9 heteroatoms. The van der Waals surface area contributed by atoms with Crippen molar-refractivity contribution < 1.29 is 23.4 Å². The van der Waals surface area contributed by atoms with Gasteiger partial charge in [0.2, 0.25) is 0 Å². The average molecular weight is 511 g/mol. The Labute approximate surface area is 215 Å². The third-order valence-electron chi connectivity index (χ3n) is 7.55. The molecule has 3 N–H and O–H groups in total. The molecule has 3 fully saturated rings. The third-order valence-corrected chi connectivity index (χ3v) is 7.55. The highest BCUT2D eigenvalue weighted by Crippen LogP contribution is 2.41. The van der Waals surface area contributed by atoms with Crippen LogP contribution in [0.3, 0.4) is 0 Å². The first kappa shape index (κ1) is 25.3. The predicted molar refractivity (Wildman–Crippen MR) is 137 cm³/mol. The van der Waals surface area contributed by atoms with E-state index < -0.39 is 6.61 Å². The summed E-state index contributed by atoms with van der Waals surface area (Å²) in [6, 6.07) is 10.7. The summed E-state index contributed by atoms with van der Waals surface area (Å²) in [7, 11) is 0.